The van der Waals surface area contributed by atoms with Gasteiger partial charge in [-0.25, -0.2) is 5.43 Å². The number of rotatable bonds is 6. The van der Waals surface area contributed by atoms with E-state index in [2.05, 4.69) is 54.1 Å². The molecule has 1 aromatic heterocycles. The molecule has 0 bridgehead atoms. The lowest BCUT2D eigenvalue weighted by Gasteiger charge is -2.12. The molecule has 1 heterocycles. The second kappa shape index (κ2) is 8.73. The summed E-state index contributed by atoms with van der Waals surface area (Å²) in [4.78, 5) is 13.0. The Bertz CT molecular complexity index is 961. The average molecular weight is 378 g/mol. The van der Waals surface area contributed by atoms with Crippen molar-refractivity contribution < 1.29 is 4.79 Å². The SMILES string of the molecule is Cc1ccccc1-n1c(C)cc(/C=N\NC(=O)CSc2ccccc2)c1C. The summed E-state index contributed by atoms with van der Waals surface area (Å²) in [6.07, 6.45) is 1.71. The molecule has 138 valence electrons. The molecule has 4 nitrogen and oxygen atoms in total. The number of hydrazone groups is 1. The highest BCUT2D eigenvalue weighted by Crippen LogP contribution is 2.22. The summed E-state index contributed by atoms with van der Waals surface area (Å²) in [5.41, 5.74) is 8.21. The Balaban J connectivity index is 1.65. The predicted molar refractivity (Wildman–Crippen MR) is 113 cm³/mol. The van der Waals surface area contributed by atoms with E-state index in [1.165, 1.54) is 17.3 Å². The molecular weight excluding hydrogens is 354 g/mol. The molecule has 3 aromatic rings. The lowest BCUT2D eigenvalue weighted by molar-refractivity contribution is -0.118. The monoisotopic (exact) mass is 377 g/mol. The third-order valence-electron chi connectivity index (χ3n) is 4.33. The number of hydrogen-bond acceptors (Lipinski definition) is 3. The zero-order valence-corrected chi connectivity index (χ0v) is 16.6. The largest absolute Gasteiger partial charge is 0.318 e. The molecule has 0 radical (unpaired) electrons. The summed E-state index contributed by atoms with van der Waals surface area (Å²) in [6.45, 7) is 6.24. The number of nitrogens with zero attached hydrogens (tertiary/aromatic N) is 2. The van der Waals surface area contributed by atoms with Gasteiger partial charge in [0.05, 0.1) is 12.0 Å². The normalized spacial score (nSPS) is 11.1. The topological polar surface area (TPSA) is 46.4 Å². The van der Waals surface area contributed by atoms with Crippen LogP contribution in [0.2, 0.25) is 0 Å². The van der Waals surface area contributed by atoms with Crippen LogP contribution in [0.3, 0.4) is 0 Å². The average Bonchev–Trinajstić information content (AvgIpc) is 2.95. The van der Waals surface area contributed by atoms with Gasteiger partial charge in [-0.05, 0) is 50.6 Å². The zero-order chi connectivity index (χ0) is 19.2. The van der Waals surface area contributed by atoms with Crippen molar-refractivity contribution in [2.75, 3.05) is 5.75 Å². The van der Waals surface area contributed by atoms with Crippen molar-refractivity contribution in [1.29, 1.82) is 0 Å². The van der Waals surface area contributed by atoms with Crippen LogP contribution in [-0.2, 0) is 4.79 Å². The summed E-state index contributed by atoms with van der Waals surface area (Å²) in [5, 5.41) is 4.13. The van der Waals surface area contributed by atoms with E-state index < -0.39 is 0 Å². The van der Waals surface area contributed by atoms with Gasteiger partial charge >= 0.3 is 0 Å². The molecule has 0 aliphatic heterocycles. The number of benzene rings is 2. The fraction of sp³-hybridized carbons (Fsp3) is 0.182. The van der Waals surface area contributed by atoms with Gasteiger partial charge in [0.25, 0.3) is 0 Å². The van der Waals surface area contributed by atoms with E-state index in [9.17, 15) is 4.79 Å². The second-order valence-electron chi connectivity index (χ2n) is 6.34. The molecule has 0 aliphatic rings. The van der Waals surface area contributed by atoms with Crippen LogP contribution in [0.1, 0.15) is 22.5 Å². The number of aryl methyl sites for hydroxylation is 2. The van der Waals surface area contributed by atoms with E-state index in [4.69, 9.17) is 0 Å². The van der Waals surface area contributed by atoms with Crippen LogP contribution in [0.4, 0.5) is 0 Å². The first-order valence-corrected chi connectivity index (χ1v) is 9.79. The van der Waals surface area contributed by atoms with Gasteiger partial charge in [0.1, 0.15) is 0 Å². The quantitative estimate of drug-likeness (QED) is 0.386. The number of nitrogens with one attached hydrogen (secondary N) is 1. The first-order valence-electron chi connectivity index (χ1n) is 8.81. The van der Waals surface area contributed by atoms with Gasteiger partial charge in [0, 0.05) is 27.5 Å². The van der Waals surface area contributed by atoms with Gasteiger partial charge in [-0.1, -0.05) is 36.4 Å². The number of thioether (sulfide) groups is 1. The fourth-order valence-electron chi connectivity index (χ4n) is 2.98. The minimum atomic E-state index is -0.118. The smallest absolute Gasteiger partial charge is 0.250 e. The van der Waals surface area contributed by atoms with Gasteiger partial charge in [-0.2, -0.15) is 5.10 Å². The summed E-state index contributed by atoms with van der Waals surface area (Å²) >= 11 is 1.49. The highest BCUT2D eigenvalue weighted by molar-refractivity contribution is 8.00. The Labute approximate surface area is 164 Å². The Morgan fingerprint density at radius 3 is 2.52 bits per heavy atom. The fourth-order valence-corrected chi connectivity index (χ4v) is 3.69. The van der Waals surface area contributed by atoms with E-state index in [0.29, 0.717) is 5.75 Å². The van der Waals surface area contributed by atoms with Gasteiger partial charge in [-0.3, -0.25) is 4.79 Å². The highest BCUT2D eigenvalue weighted by atomic mass is 32.2. The van der Waals surface area contributed by atoms with Crippen molar-refractivity contribution in [3.05, 3.63) is 83.2 Å². The second-order valence-corrected chi connectivity index (χ2v) is 7.39. The van der Waals surface area contributed by atoms with Crippen LogP contribution in [0.5, 0.6) is 0 Å². The lowest BCUT2D eigenvalue weighted by atomic mass is 10.2. The molecule has 0 fully saturated rings. The minimum Gasteiger partial charge on any atom is -0.318 e. The van der Waals surface area contributed by atoms with E-state index in [1.807, 2.05) is 42.5 Å². The molecule has 0 saturated carbocycles. The standard InChI is InChI=1S/C22H23N3OS/c1-16-9-7-8-12-21(16)25-17(2)13-19(18(25)3)14-23-24-22(26)15-27-20-10-5-4-6-11-20/h4-14H,15H2,1-3H3,(H,24,26)/b23-14-. The molecule has 5 heteroatoms. The molecule has 0 spiro atoms. The predicted octanol–water partition coefficient (Wildman–Crippen LogP) is 4.64. The number of para-hydroxylation sites is 1. The molecule has 3 rings (SSSR count). The van der Waals surface area contributed by atoms with Crippen LogP contribution in [-0.4, -0.2) is 22.4 Å². The maximum Gasteiger partial charge on any atom is 0.250 e. The Morgan fingerprint density at radius 1 is 1.07 bits per heavy atom. The molecule has 0 atom stereocenters. The van der Waals surface area contributed by atoms with Crippen molar-refractivity contribution in [2.24, 2.45) is 5.10 Å². The Hall–Kier alpha value is -2.79. The lowest BCUT2D eigenvalue weighted by Crippen LogP contribution is -2.19. The molecule has 0 saturated heterocycles. The summed E-state index contributed by atoms with van der Waals surface area (Å²) in [5.74, 6) is 0.219. The molecular formula is C22H23N3OS. The van der Waals surface area contributed by atoms with Crippen molar-refractivity contribution in [3.8, 4) is 5.69 Å². The molecule has 2 aromatic carbocycles. The molecule has 0 unspecified atom stereocenters. The minimum absolute atomic E-state index is 0.118. The zero-order valence-electron chi connectivity index (χ0n) is 15.8. The number of carbonyl (C=O) groups is 1. The van der Waals surface area contributed by atoms with E-state index in [-0.39, 0.29) is 5.91 Å². The van der Waals surface area contributed by atoms with E-state index in [0.717, 1.165) is 27.5 Å². The first kappa shape index (κ1) is 19.0. The summed E-state index contributed by atoms with van der Waals surface area (Å²) in [6, 6.07) is 20.2. The molecule has 0 aliphatic carbocycles. The maximum absolute atomic E-state index is 12.0. The van der Waals surface area contributed by atoms with Gasteiger partial charge < -0.3 is 4.57 Å². The van der Waals surface area contributed by atoms with Crippen LogP contribution in [0.25, 0.3) is 5.69 Å². The first-order chi connectivity index (χ1) is 13.1. The maximum atomic E-state index is 12.0. The number of hydrogen-bond donors (Lipinski definition) is 1. The van der Waals surface area contributed by atoms with E-state index in [1.54, 1.807) is 6.21 Å². The van der Waals surface area contributed by atoms with Gasteiger partial charge in [0.2, 0.25) is 5.91 Å². The molecule has 1 amide bonds. The Kier molecular flexibility index (Phi) is 6.14. The highest BCUT2D eigenvalue weighted by Gasteiger charge is 2.11. The summed E-state index contributed by atoms with van der Waals surface area (Å²) in [7, 11) is 0. The van der Waals surface area contributed by atoms with Crippen molar-refractivity contribution in [2.45, 2.75) is 25.7 Å². The van der Waals surface area contributed by atoms with Crippen LogP contribution in [0.15, 0.2) is 70.7 Å². The third kappa shape index (κ3) is 4.68. The number of amides is 1. The van der Waals surface area contributed by atoms with E-state index >= 15 is 0 Å². The van der Waals surface area contributed by atoms with Crippen LogP contribution in [0, 0.1) is 20.8 Å². The van der Waals surface area contributed by atoms with Crippen molar-refractivity contribution in [1.82, 2.24) is 9.99 Å². The van der Waals surface area contributed by atoms with Crippen LogP contribution < -0.4 is 5.43 Å². The van der Waals surface area contributed by atoms with Crippen molar-refractivity contribution >= 4 is 23.9 Å². The van der Waals surface area contributed by atoms with Crippen LogP contribution >= 0.6 is 11.8 Å². The molecule has 1 N–H and O–H groups in total. The number of aromatic nitrogens is 1. The Morgan fingerprint density at radius 2 is 1.78 bits per heavy atom. The summed E-state index contributed by atoms with van der Waals surface area (Å²) < 4.78 is 2.21. The third-order valence-corrected chi connectivity index (χ3v) is 5.34. The van der Waals surface area contributed by atoms with Gasteiger partial charge in [-0.15, -0.1) is 11.8 Å². The van der Waals surface area contributed by atoms with Gasteiger partial charge in [0.15, 0.2) is 0 Å². The molecule has 27 heavy (non-hydrogen) atoms. The number of carbonyl (C=O) groups excluding carboxylic acids is 1. The van der Waals surface area contributed by atoms with Crippen molar-refractivity contribution in [3.63, 3.8) is 0 Å².